The minimum absolute atomic E-state index is 0.130. The number of rotatable bonds is 4. The maximum absolute atomic E-state index is 13.7. The van der Waals surface area contributed by atoms with E-state index in [0.29, 0.717) is 5.92 Å². The first-order valence-corrected chi connectivity index (χ1v) is 6.10. The van der Waals surface area contributed by atoms with Gasteiger partial charge in [-0.3, -0.25) is 0 Å². The van der Waals surface area contributed by atoms with Crippen LogP contribution in [0.3, 0.4) is 0 Å². The van der Waals surface area contributed by atoms with Gasteiger partial charge in [-0.05, 0) is 36.5 Å². The third-order valence-corrected chi connectivity index (χ3v) is 3.65. The van der Waals surface area contributed by atoms with Crippen LogP contribution in [-0.2, 0) is 0 Å². The summed E-state index contributed by atoms with van der Waals surface area (Å²) in [4.78, 5) is 0. The molecule has 1 atom stereocenters. The smallest absolute Gasteiger partial charge is 0.165 e. The molecular weight excluding hydrogens is 217 g/mol. The predicted molar refractivity (Wildman–Crippen MR) is 66.7 cm³/mol. The molecule has 0 aliphatic heterocycles. The number of benzene rings is 1. The maximum atomic E-state index is 13.7. The lowest BCUT2D eigenvalue weighted by molar-refractivity contribution is 0.379. The van der Waals surface area contributed by atoms with Crippen LogP contribution >= 0.6 is 0 Å². The van der Waals surface area contributed by atoms with Crippen LogP contribution in [0.2, 0.25) is 0 Å². The predicted octanol–water partition coefficient (Wildman–Crippen LogP) is 3.07. The molecule has 0 amide bonds. The van der Waals surface area contributed by atoms with E-state index in [4.69, 9.17) is 10.5 Å². The largest absolute Gasteiger partial charge is 0.494 e. The van der Waals surface area contributed by atoms with Crippen molar-refractivity contribution in [2.24, 2.45) is 11.7 Å². The molecule has 3 heteroatoms. The second-order valence-corrected chi connectivity index (χ2v) is 5.35. The zero-order valence-electron chi connectivity index (χ0n) is 10.7. The van der Waals surface area contributed by atoms with Crippen molar-refractivity contribution in [3.05, 3.63) is 29.6 Å². The zero-order chi connectivity index (χ0) is 12.6. The van der Waals surface area contributed by atoms with Crippen molar-refractivity contribution in [2.75, 3.05) is 7.11 Å². The lowest BCUT2D eigenvalue weighted by Gasteiger charge is -2.28. The first-order chi connectivity index (χ1) is 7.98. The van der Waals surface area contributed by atoms with E-state index in [1.807, 2.05) is 6.07 Å². The van der Waals surface area contributed by atoms with E-state index in [9.17, 15) is 4.39 Å². The fourth-order valence-corrected chi connectivity index (χ4v) is 2.71. The number of halogens is 1. The van der Waals surface area contributed by atoms with Crippen molar-refractivity contribution in [3.8, 4) is 5.75 Å². The van der Waals surface area contributed by atoms with E-state index >= 15 is 0 Å². The summed E-state index contributed by atoms with van der Waals surface area (Å²) in [6, 6.07) is 5.18. The number of nitrogens with two attached hydrogens (primary N) is 1. The third-order valence-electron chi connectivity index (χ3n) is 3.65. The van der Waals surface area contributed by atoms with E-state index in [-0.39, 0.29) is 23.0 Å². The van der Waals surface area contributed by atoms with E-state index in [2.05, 4.69) is 13.8 Å². The van der Waals surface area contributed by atoms with Crippen molar-refractivity contribution in [3.63, 3.8) is 0 Å². The summed E-state index contributed by atoms with van der Waals surface area (Å²) in [5.74, 6) is 0.622. The normalized spacial score (nSPS) is 19.2. The lowest BCUT2D eigenvalue weighted by atomic mass is 9.81. The quantitative estimate of drug-likeness (QED) is 0.873. The topological polar surface area (TPSA) is 35.2 Å². The highest BCUT2D eigenvalue weighted by Crippen LogP contribution is 2.48. The Morgan fingerprint density at radius 1 is 1.35 bits per heavy atom. The summed E-state index contributed by atoms with van der Waals surface area (Å²) in [7, 11) is 1.48. The average molecular weight is 237 g/mol. The van der Waals surface area contributed by atoms with Crippen LogP contribution < -0.4 is 10.5 Å². The molecule has 0 bridgehead atoms. The Labute approximate surface area is 102 Å². The van der Waals surface area contributed by atoms with Gasteiger partial charge in [0.15, 0.2) is 11.6 Å². The number of methoxy groups -OCH3 is 1. The Kier molecular flexibility index (Phi) is 3.13. The maximum Gasteiger partial charge on any atom is 0.165 e. The van der Waals surface area contributed by atoms with E-state index in [1.54, 1.807) is 12.1 Å². The lowest BCUT2D eigenvalue weighted by Crippen LogP contribution is -2.33. The molecular formula is C14H20FNO. The van der Waals surface area contributed by atoms with Gasteiger partial charge in [0.25, 0.3) is 0 Å². The second-order valence-electron chi connectivity index (χ2n) is 5.35. The number of ether oxygens (including phenoxy) is 1. The summed E-state index contributed by atoms with van der Waals surface area (Å²) in [5, 5.41) is 0. The van der Waals surface area contributed by atoms with Crippen LogP contribution in [-0.4, -0.2) is 12.6 Å². The van der Waals surface area contributed by atoms with Crippen molar-refractivity contribution >= 4 is 0 Å². The Balaban J connectivity index is 2.34. The van der Waals surface area contributed by atoms with Gasteiger partial charge >= 0.3 is 0 Å². The van der Waals surface area contributed by atoms with Crippen LogP contribution in [0.15, 0.2) is 18.2 Å². The SMILES string of the molecule is COc1ccc(C(C(C)C)C2(N)CC2)cc1F. The Morgan fingerprint density at radius 3 is 2.41 bits per heavy atom. The molecule has 2 nitrogen and oxygen atoms in total. The molecule has 1 fully saturated rings. The van der Waals surface area contributed by atoms with Gasteiger partial charge in [-0.15, -0.1) is 0 Å². The van der Waals surface area contributed by atoms with E-state index in [1.165, 1.54) is 7.11 Å². The molecule has 0 heterocycles. The summed E-state index contributed by atoms with van der Waals surface area (Å²) < 4.78 is 18.7. The van der Waals surface area contributed by atoms with E-state index < -0.39 is 0 Å². The molecule has 0 saturated heterocycles. The molecule has 1 aromatic rings. The second kappa shape index (κ2) is 4.30. The Hall–Kier alpha value is -1.09. The minimum Gasteiger partial charge on any atom is -0.494 e. The highest BCUT2D eigenvalue weighted by Gasteiger charge is 2.47. The first-order valence-electron chi connectivity index (χ1n) is 6.10. The summed E-state index contributed by atoms with van der Waals surface area (Å²) in [5.41, 5.74) is 7.15. The molecule has 1 aliphatic carbocycles. The molecule has 2 N–H and O–H groups in total. The molecule has 0 radical (unpaired) electrons. The zero-order valence-corrected chi connectivity index (χ0v) is 10.7. The molecule has 94 valence electrons. The average Bonchev–Trinajstić information content (AvgIpc) is 2.96. The Morgan fingerprint density at radius 2 is 2.00 bits per heavy atom. The van der Waals surface area contributed by atoms with Crippen LogP contribution in [0.1, 0.15) is 38.2 Å². The molecule has 0 aromatic heterocycles. The fraction of sp³-hybridized carbons (Fsp3) is 0.571. The summed E-state index contributed by atoms with van der Waals surface area (Å²) in [6.45, 7) is 4.28. The fourth-order valence-electron chi connectivity index (χ4n) is 2.71. The standard InChI is InChI=1S/C14H20FNO/c1-9(2)13(14(16)6-7-14)10-4-5-12(17-3)11(15)8-10/h4-5,8-9,13H,6-7,16H2,1-3H3. The summed E-state index contributed by atoms with van der Waals surface area (Å²) in [6.07, 6.45) is 2.06. The Bertz CT molecular complexity index is 413. The van der Waals surface area contributed by atoms with Crippen molar-refractivity contribution in [1.82, 2.24) is 0 Å². The molecule has 1 saturated carbocycles. The van der Waals surface area contributed by atoms with Gasteiger partial charge < -0.3 is 10.5 Å². The molecule has 0 spiro atoms. The highest BCUT2D eigenvalue weighted by atomic mass is 19.1. The van der Waals surface area contributed by atoms with Crippen LogP contribution in [0.25, 0.3) is 0 Å². The molecule has 1 aliphatic rings. The van der Waals surface area contributed by atoms with Crippen molar-refractivity contribution in [1.29, 1.82) is 0 Å². The molecule has 17 heavy (non-hydrogen) atoms. The van der Waals surface area contributed by atoms with Gasteiger partial charge in [0.05, 0.1) is 7.11 Å². The van der Waals surface area contributed by atoms with Gasteiger partial charge in [-0.1, -0.05) is 19.9 Å². The van der Waals surface area contributed by atoms with Gasteiger partial charge in [-0.2, -0.15) is 0 Å². The third kappa shape index (κ3) is 2.29. The van der Waals surface area contributed by atoms with Gasteiger partial charge in [0, 0.05) is 11.5 Å². The van der Waals surface area contributed by atoms with Crippen molar-refractivity contribution in [2.45, 2.75) is 38.1 Å². The number of hydrogen-bond acceptors (Lipinski definition) is 2. The van der Waals surface area contributed by atoms with E-state index in [0.717, 1.165) is 18.4 Å². The molecule has 1 aromatic carbocycles. The highest BCUT2D eigenvalue weighted by molar-refractivity contribution is 5.34. The van der Waals surface area contributed by atoms with Gasteiger partial charge in [0.2, 0.25) is 0 Å². The van der Waals surface area contributed by atoms with Crippen LogP contribution in [0, 0.1) is 11.7 Å². The van der Waals surface area contributed by atoms with Gasteiger partial charge in [-0.25, -0.2) is 4.39 Å². The van der Waals surface area contributed by atoms with Crippen LogP contribution in [0.4, 0.5) is 4.39 Å². The molecule has 1 unspecified atom stereocenters. The number of hydrogen-bond donors (Lipinski definition) is 1. The van der Waals surface area contributed by atoms with Crippen LogP contribution in [0.5, 0.6) is 5.75 Å². The van der Waals surface area contributed by atoms with Gasteiger partial charge in [0.1, 0.15) is 0 Å². The van der Waals surface area contributed by atoms with Crippen molar-refractivity contribution < 1.29 is 9.13 Å². The molecule has 2 rings (SSSR count). The summed E-state index contributed by atoms with van der Waals surface area (Å²) >= 11 is 0. The first kappa shape index (κ1) is 12.4. The monoisotopic (exact) mass is 237 g/mol. The minimum atomic E-state index is -0.306.